The molecule has 1 aromatic rings. The van der Waals surface area contributed by atoms with E-state index < -0.39 is 5.97 Å². The molecule has 0 fully saturated rings. The van der Waals surface area contributed by atoms with E-state index >= 15 is 0 Å². The molecule has 1 aromatic heterocycles. The minimum Gasteiger partial charge on any atom is -0.478 e. The lowest BCUT2D eigenvalue weighted by atomic mass is 10.2. The van der Waals surface area contributed by atoms with Crippen LogP contribution in [0.25, 0.3) is 0 Å². The molecule has 104 valence electrons. The number of carboxylic acid groups (broad SMARTS) is 1. The van der Waals surface area contributed by atoms with Gasteiger partial charge in [0.15, 0.2) is 0 Å². The summed E-state index contributed by atoms with van der Waals surface area (Å²) in [6.45, 7) is 4.88. The lowest BCUT2D eigenvalue weighted by Gasteiger charge is -2.08. The van der Waals surface area contributed by atoms with Crippen LogP contribution in [0.2, 0.25) is 0 Å². The van der Waals surface area contributed by atoms with Crippen LogP contribution in [-0.2, 0) is 11.3 Å². The maximum Gasteiger partial charge on any atom is 0.335 e. The largest absolute Gasteiger partial charge is 0.478 e. The quantitative estimate of drug-likeness (QED) is 0.678. The highest BCUT2D eigenvalue weighted by atomic mass is 16.4. The fraction of sp³-hybridized carbons (Fsp3) is 0.462. The first-order valence-electron chi connectivity index (χ1n) is 6.17. The van der Waals surface area contributed by atoms with Crippen molar-refractivity contribution >= 4 is 11.9 Å². The molecule has 1 heterocycles. The maximum absolute atomic E-state index is 11.5. The van der Waals surface area contributed by atoms with Crippen molar-refractivity contribution in [3.8, 4) is 0 Å². The zero-order valence-electron chi connectivity index (χ0n) is 11.1. The van der Waals surface area contributed by atoms with Gasteiger partial charge in [-0.3, -0.25) is 9.78 Å². The Kier molecular flexibility index (Phi) is 5.95. The van der Waals surface area contributed by atoms with Crippen LogP contribution in [0.5, 0.6) is 0 Å². The number of rotatable bonds is 7. The Labute approximate surface area is 112 Å². The number of pyridine rings is 1. The second kappa shape index (κ2) is 7.48. The second-order valence-electron chi connectivity index (χ2n) is 4.48. The summed E-state index contributed by atoms with van der Waals surface area (Å²) >= 11 is 0. The molecule has 6 heteroatoms. The summed E-state index contributed by atoms with van der Waals surface area (Å²) in [6.07, 6.45) is 1.81. The number of carbonyl (C=O) groups is 2. The molecule has 19 heavy (non-hydrogen) atoms. The molecule has 1 rings (SSSR count). The molecule has 3 N–H and O–H groups in total. The summed E-state index contributed by atoms with van der Waals surface area (Å²) in [5, 5.41) is 14.7. The van der Waals surface area contributed by atoms with Crippen LogP contribution < -0.4 is 10.6 Å². The van der Waals surface area contributed by atoms with E-state index in [0.29, 0.717) is 24.7 Å². The molecule has 0 bridgehead atoms. The Morgan fingerprint density at radius 3 is 2.79 bits per heavy atom. The van der Waals surface area contributed by atoms with Gasteiger partial charge in [-0.1, -0.05) is 13.8 Å². The normalized spacial score (nSPS) is 10.5. The van der Waals surface area contributed by atoms with Crippen LogP contribution >= 0.6 is 0 Å². The molecule has 1 amide bonds. The van der Waals surface area contributed by atoms with E-state index in [-0.39, 0.29) is 18.0 Å². The molecule has 0 aliphatic heterocycles. The zero-order chi connectivity index (χ0) is 14.3. The van der Waals surface area contributed by atoms with Gasteiger partial charge in [-0.15, -0.1) is 0 Å². The predicted molar refractivity (Wildman–Crippen MR) is 70.8 cm³/mol. The van der Waals surface area contributed by atoms with E-state index in [9.17, 15) is 9.59 Å². The third kappa shape index (κ3) is 5.96. The summed E-state index contributed by atoms with van der Waals surface area (Å²) in [4.78, 5) is 26.3. The minimum absolute atomic E-state index is 0.0873. The van der Waals surface area contributed by atoms with Crippen molar-refractivity contribution < 1.29 is 14.7 Å². The summed E-state index contributed by atoms with van der Waals surface area (Å²) in [6, 6.07) is 3.22. The molecule has 0 unspecified atom stereocenters. The zero-order valence-corrected chi connectivity index (χ0v) is 11.1. The van der Waals surface area contributed by atoms with Gasteiger partial charge in [-0.25, -0.2) is 4.79 Å². The van der Waals surface area contributed by atoms with Crippen molar-refractivity contribution in [2.75, 3.05) is 6.54 Å². The van der Waals surface area contributed by atoms with Crippen molar-refractivity contribution in [3.05, 3.63) is 29.6 Å². The fourth-order valence-electron chi connectivity index (χ4n) is 1.46. The number of carboxylic acids is 1. The number of aromatic carboxylic acids is 1. The molecular weight excluding hydrogens is 246 g/mol. The van der Waals surface area contributed by atoms with Crippen LogP contribution in [0, 0.1) is 0 Å². The highest BCUT2D eigenvalue weighted by molar-refractivity contribution is 5.87. The lowest BCUT2D eigenvalue weighted by molar-refractivity contribution is -0.121. The topological polar surface area (TPSA) is 91.3 Å². The van der Waals surface area contributed by atoms with Crippen molar-refractivity contribution in [1.29, 1.82) is 0 Å². The fourth-order valence-corrected chi connectivity index (χ4v) is 1.46. The Morgan fingerprint density at radius 1 is 1.42 bits per heavy atom. The van der Waals surface area contributed by atoms with Gasteiger partial charge in [0.05, 0.1) is 17.8 Å². The third-order valence-electron chi connectivity index (χ3n) is 2.43. The number of hydrogen-bond donors (Lipinski definition) is 3. The Hall–Kier alpha value is -1.95. The number of aromatic nitrogens is 1. The smallest absolute Gasteiger partial charge is 0.335 e. The van der Waals surface area contributed by atoms with E-state index in [2.05, 4.69) is 15.6 Å². The van der Waals surface area contributed by atoms with E-state index in [1.54, 1.807) is 0 Å². The molecular formula is C13H19N3O3. The highest BCUT2D eigenvalue weighted by Gasteiger charge is 2.06. The van der Waals surface area contributed by atoms with Crippen LogP contribution in [0.1, 0.15) is 36.3 Å². The number of carbonyl (C=O) groups excluding carboxylic acids is 1. The first kappa shape index (κ1) is 15.1. The van der Waals surface area contributed by atoms with E-state index in [1.807, 2.05) is 13.8 Å². The van der Waals surface area contributed by atoms with Gasteiger partial charge in [0.2, 0.25) is 5.91 Å². The monoisotopic (exact) mass is 265 g/mol. The molecule has 6 nitrogen and oxygen atoms in total. The van der Waals surface area contributed by atoms with Crippen LogP contribution in [-0.4, -0.2) is 34.6 Å². The van der Waals surface area contributed by atoms with Gasteiger partial charge in [0.25, 0.3) is 0 Å². The Balaban J connectivity index is 2.37. The summed E-state index contributed by atoms with van der Waals surface area (Å²) < 4.78 is 0. The van der Waals surface area contributed by atoms with Gasteiger partial charge in [0.1, 0.15) is 0 Å². The van der Waals surface area contributed by atoms with Gasteiger partial charge in [0, 0.05) is 25.2 Å². The van der Waals surface area contributed by atoms with E-state index in [1.165, 1.54) is 18.3 Å². The van der Waals surface area contributed by atoms with Gasteiger partial charge in [-0.2, -0.15) is 0 Å². The number of hydrogen-bond acceptors (Lipinski definition) is 4. The molecule has 0 atom stereocenters. The van der Waals surface area contributed by atoms with Crippen LogP contribution in [0.15, 0.2) is 18.3 Å². The van der Waals surface area contributed by atoms with Crippen LogP contribution in [0.3, 0.4) is 0 Å². The van der Waals surface area contributed by atoms with Crippen molar-refractivity contribution in [2.45, 2.75) is 32.9 Å². The predicted octanol–water partition coefficient (Wildman–Crippen LogP) is 0.784. The average molecular weight is 265 g/mol. The molecule has 0 aliphatic rings. The summed E-state index contributed by atoms with van der Waals surface area (Å²) in [7, 11) is 0. The summed E-state index contributed by atoms with van der Waals surface area (Å²) in [5.74, 6) is -1.09. The van der Waals surface area contributed by atoms with Crippen LogP contribution in [0.4, 0.5) is 0 Å². The first-order valence-corrected chi connectivity index (χ1v) is 6.17. The maximum atomic E-state index is 11.5. The molecule has 0 spiro atoms. The molecule has 0 aliphatic carbocycles. The minimum atomic E-state index is -1.00. The molecule has 0 saturated carbocycles. The van der Waals surface area contributed by atoms with Crippen molar-refractivity contribution in [3.63, 3.8) is 0 Å². The number of nitrogens with one attached hydrogen (secondary N) is 2. The molecule has 0 aromatic carbocycles. The molecule has 0 radical (unpaired) electrons. The van der Waals surface area contributed by atoms with Crippen molar-refractivity contribution in [2.24, 2.45) is 0 Å². The van der Waals surface area contributed by atoms with Gasteiger partial charge >= 0.3 is 5.97 Å². The Bertz CT molecular complexity index is 447. The average Bonchev–Trinajstić information content (AvgIpc) is 2.36. The van der Waals surface area contributed by atoms with E-state index in [4.69, 9.17) is 5.11 Å². The highest BCUT2D eigenvalue weighted by Crippen LogP contribution is 2.01. The SMILES string of the molecule is CC(C)NCCC(=O)NCc1cc(C(=O)O)ccn1. The summed E-state index contributed by atoms with van der Waals surface area (Å²) in [5.41, 5.74) is 0.700. The number of amides is 1. The lowest BCUT2D eigenvalue weighted by Crippen LogP contribution is -2.30. The standard InChI is InChI=1S/C13H19N3O3/c1-9(2)14-6-4-12(17)16-8-11-7-10(13(18)19)3-5-15-11/h3,5,7,9,14H,4,6,8H2,1-2H3,(H,16,17)(H,18,19). The molecule has 0 saturated heterocycles. The van der Waals surface area contributed by atoms with Crippen molar-refractivity contribution in [1.82, 2.24) is 15.6 Å². The second-order valence-corrected chi connectivity index (χ2v) is 4.48. The van der Waals surface area contributed by atoms with E-state index in [0.717, 1.165) is 0 Å². The Morgan fingerprint density at radius 2 is 2.16 bits per heavy atom. The number of nitrogens with zero attached hydrogens (tertiary/aromatic N) is 1. The van der Waals surface area contributed by atoms with Gasteiger partial charge in [-0.05, 0) is 12.1 Å². The first-order chi connectivity index (χ1) is 8.99. The van der Waals surface area contributed by atoms with Gasteiger partial charge < -0.3 is 15.7 Å². The third-order valence-corrected chi connectivity index (χ3v) is 2.43.